The van der Waals surface area contributed by atoms with Gasteiger partial charge in [0.15, 0.2) is 0 Å². The zero-order valence-corrected chi connectivity index (χ0v) is 18.7. The second-order valence-electron chi connectivity index (χ2n) is 6.87. The van der Waals surface area contributed by atoms with Gasteiger partial charge in [0.05, 0.1) is 10.6 Å². The number of halogens is 1. The third-order valence-corrected chi connectivity index (χ3v) is 6.50. The highest BCUT2D eigenvalue weighted by Crippen LogP contribution is 2.24. The van der Waals surface area contributed by atoms with Gasteiger partial charge in [0.25, 0.3) is 15.9 Å². The molecule has 0 bridgehead atoms. The van der Waals surface area contributed by atoms with E-state index in [1.54, 1.807) is 37.3 Å². The molecule has 29 heavy (non-hydrogen) atoms. The molecule has 5 nitrogen and oxygen atoms in total. The zero-order chi connectivity index (χ0) is 21.2. The van der Waals surface area contributed by atoms with Crippen LogP contribution in [-0.4, -0.2) is 14.3 Å². The smallest absolute Gasteiger partial charge is 0.262 e. The van der Waals surface area contributed by atoms with Gasteiger partial charge in [-0.05, 0) is 74.4 Å². The third-order valence-electron chi connectivity index (χ3n) is 4.47. The minimum atomic E-state index is -3.85. The van der Waals surface area contributed by atoms with Crippen LogP contribution in [-0.2, 0) is 10.0 Å². The van der Waals surface area contributed by atoms with Crippen LogP contribution in [0.15, 0.2) is 70.0 Å². The molecule has 0 aromatic heterocycles. The number of hydrogen-bond acceptors (Lipinski definition) is 3. The van der Waals surface area contributed by atoms with Crippen LogP contribution in [0.2, 0.25) is 0 Å². The molecule has 0 atom stereocenters. The normalized spacial score (nSPS) is 11.2. The average molecular weight is 473 g/mol. The molecule has 0 aliphatic heterocycles. The lowest BCUT2D eigenvalue weighted by molar-refractivity contribution is 0.102. The fraction of sp³-hybridized carbons (Fsp3) is 0.136. The van der Waals surface area contributed by atoms with Crippen molar-refractivity contribution in [1.82, 2.24) is 0 Å². The summed E-state index contributed by atoms with van der Waals surface area (Å²) in [6.45, 7) is 5.50. The van der Waals surface area contributed by atoms with Gasteiger partial charge in [-0.1, -0.05) is 39.7 Å². The third kappa shape index (κ3) is 5.05. The number of rotatable bonds is 5. The summed E-state index contributed by atoms with van der Waals surface area (Å²) < 4.78 is 29.5. The number of sulfonamides is 1. The summed E-state index contributed by atoms with van der Waals surface area (Å²) in [6, 6.07) is 17.3. The van der Waals surface area contributed by atoms with Gasteiger partial charge in [-0.15, -0.1) is 0 Å². The monoisotopic (exact) mass is 472 g/mol. The lowest BCUT2D eigenvalue weighted by atomic mass is 10.1. The van der Waals surface area contributed by atoms with Crippen molar-refractivity contribution in [3.05, 3.63) is 87.4 Å². The Bertz CT molecular complexity index is 1170. The first-order chi connectivity index (χ1) is 13.7. The van der Waals surface area contributed by atoms with Gasteiger partial charge < -0.3 is 5.32 Å². The SMILES string of the molecule is Cc1ccc(NS(=O)(=O)c2cc(C(=O)Nc3ccc(Br)cc3)ccc2C)c(C)c1. The van der Waals surface area contributed by atoms with E-state index in [9.17, 15) is 13.2 Å². The number of nitrogens with one attached hydrogen (secondary N) is 2. The van der Waals surface area contributed by atoms with Crippen LogP contribution in [0.3, 0.4) is 0 Å². The molecule has 0 spiro atoms. The van der Waals surface area contributed by atoms with Gasteiger partial charge >= 0.3 is 0 Å². The fourth-order valence-corrected chi connectivity index (χ4v) is 4.56. The van der Waals surface area contributed by atoms with E-state index in [1.807, 2.05) is 38.1 Å². The minimum absolute atomic E-state index is 0.0703. The lowest BCUT2D eigenvalue weighted by Crippen LogP contribution is -2.17. The highest BCUT2D eigenvalue weighted by atomic mass is 79.9. The van der Waals surface area contributed by atoms with Crippen LogP contribution >= 0.6 is 15.9 Å². The Kier molecular flexibility index (Phi) is 6.10. The van der Waals surface area contributed by atoms with E-state index in [1.165, 1.54) is 6.07 Å². The van der Waals surface area contributed by atoms with Gasteiger partial charge in [-0.25, -0.2) is 8.42 Å². The maximum atomic E-state index is 13.0. The van der Waals surface area contributed by atoms with E-state index >= 15 is 0 Å². The first kappa shape index (κ1) is 21.1. The molecule has 7 heteroatoms. The molecule has 0 aliphatic carbocycles. The maximum Gasteiger partial charge on any atom is 0.262 e. The minimum Gasteiger partial charge on any atom is -0.322 e. The Balaban J connectivity index is 1.89. The summed E-state index contributed by atoms with van der Waals surface area (Å²) in [5.74, 6) is -0.379. The van der Waals surface area contributed by atoms with E-state index in [4.69, 9.17) is 0 Å². The lowest BCUT2D eigenvalue weighted by Gasteiger charge is -2.14. The van der Waals surface area contributed by atoms with Crippen molar-refractivity contribution in [2.45, 2.75) is 25.7 Å². The van der Waals surface area contributed by atoms with Crippen LogP contribution in [0, 0.1) is 20.8 Å². The summed E-state index contributed by atoms with van der Waals surface area (Å²) in [6.07, 6.45) is 0. The van der Waals surface area contributed by atoms with Crippen LogP contribution < -0.4 is 10.0 Å². The molecule has 0 fully saturated rings. The topological polar surface area (TPSA) is 75.3 Å². The van der Waals surface area contributed by atoms with Crippen molar-refractivity contribution in [2.24, 2.45) is 0 Å². The van der Waals surface area contributed by atoms with Crippen molar-refractivity contribution < 1.29 is 13.2 Å². The molecule has 3 aromatic carbocycles. The Labute approximate surface area is 179 Å². The Morgan fingerprint density at radius 3 is 2.21 bits per heavy atom. The van der Waals surface area contributed by atoms with Crippen LogP contribution in [0.1, 0.15) is 27.0 Å². The summed E-state index contributed by atoms with van der Waals surface area (Å²) in [7, 11) is -3.85. The van der Waals surface area contributed by atoms with E-state index < -0.39 is 10.0 Å². The Morgan fingerprint density at radius 1 is 0.862 bits per heavy atom. The molecule has 3 rings (SSSR count). The molecule has 0 saturated heterocycles. The molecular formula is C22H21BrN2O3S. The molecule has 3 aromatic rings. The second kappa shape index (κ2) is 8.39. The number of benzene rings is 3. The standard InChI is InChI=1S/C22H21BrN2O3S/c1-14-4-11-20(16(3)12-14)25-29(27,28)21-13-17(6-5-15(21)2)22(26)24-19-9-7-18(23)8-10-19/h4-13,25H,1-3H3,(H,24,26). The number of aryl methyl sites for hydroxylation is 3. The van der Waals surface area contributed by atoms with Crippen molar-refractivity contribution in [2.75, 3.05) is 10.0 Å². The molecule has 150 valence electrons. The summed E-state index contributed by atoms with van der Waals surface area (Å²) in [4.78, 5) is 12.7. The predicted octanol–water partition coefficient (Wildman–Crippen LogP) is 5.43. The molecule has 0 unspecified atom stereocenters. The van der Waals surface area contributed by atoms with Gasteiger partial charge in [-0.3, -0.25) is 9.52 Å². The second-order valence-corrected chi connectivity index (χ2v) is 9.43. The van der Waals surface area contributed by atoms with Crippen molar-refractivity contribution in [3.8, 4) is 0 Å². The highest BCUT2D eigenvalue weighted by Gasteiger charge is 2.20. The molecule has 0 radical (unpaired) electrons. The van der Waals surface area contributed by atoms with E-state index in [0.29, 0.717) is 16.9 Å². The molecular weight excluding hydrogens is 452 g/mol. The Hall–Kier alpha value is -2.64. The number of amides is 1. The van der Waals surface area contributed by atoms with Crippen molar-refractivity contribution >= 4 is 43.2 Å². The zero-order valence-electron chi connectivity index (χ0n) is 16.3. The van der Waals surface area contributed by atoms with Crippen LogP contribution in [0.4, 0.5) is 11.4 Å². The van der Waals surface area contributed by atoms with Gasteiger partial charge in [0, 0.05) is 15.7 Å². The maximum absolute atomic E-state index is 13.0. The summed E-state index contributed by atoms with van der Waals surface area (Å²) >= 11 is 3.35. The summed E-state index contributed by atoms with van der Waals surface area (Å²) in [5, 5.41) is 2.77. The van der Waals surface area contributed by atoms with E-state index in [0.717, 1.165) is 15.6 Å². The largest absolute Gasteiger partial charge is 0.322 e. The molecule has 1 amide bonds. The number of hydrogen-bond donors (Lipinski definition) is 2. The molecule has 0 heterocycles. The van der Waals surface area contributed by atoms with E-state index in [-0.39, 0.29) is 16.4 Å². The first-order valence-corrected chi connectivity index (χ1v) is 11.2. The van der Waals surface area contributed by atoms with Crippen LogP contribution in [0.5, 0.6) is 0 Å². The molecule has 2 N–H and O–H groups in total. The molecule has 0 saturated carbocycles. The Morgan fingerprint density at radius 2 is 1.55 bits per heavy atom. The number of anilines is 2. The quantitative estimate of drug-likeness (QED) is 0.519. The number of carbonyl (C=O) groups excluding carboxylic acids is 1. The van der Waals surface area contributed by atoms with Crippen molar-refractivity contribution in [1.29, 1.82) is 0 Å². The number of carbonyl (C=O) groups is 1. The summed E-state index contributed by atoms with van der Waals surface area (Å²) in [5.41, 5.74) is 3.84. The average Bonchev–Trinajstić information content (AvgIpc) is 2.66. The van der Waals surface area contributed by atoms with Gasteiger partial charge in [-0.2, -0.15) is 0 Å². The highest BCUT2D eigenvalue weighted by molar-refractivity contribution is 9.10. The van der Waals surface area contributed by atoms with E-state index in [2.05, 4.69) is 26.0 Å². The fourth-order valence-electron chi connectivity index (χ4n) is 2.90. The van der Waals surface area contributed by atoms with Crippen LogP contribution in [0.25, 0.3) is 0 Å². The van der Waals surface area contributed by atoms with Gasteiger partial charge in [0.1, 0.15) is 0 Å². The first-order valence-electron chi connectivity index (χ1n) is 8.93. The van der Waals surface area contributed by atoms with Gasteiger partial charge in [0.2, 0.25) is 0 Å². The molecule has 0 aliphatic rings. The van der Waals surface area contributed by atoms with Crippen molar-refractivity contribution in [3.63, 3.8) is 0 Å². The predicted molar refractivity (Wildman–Crippen MR) is 120 cm³/mol.